The third kappa shape index (κ3) is 2.31. The fraction of sp³-hybridized carbons (Fsp3) is 0.895. The topological polar surface area (TPSA) is 72.8 Å². The van der Waals surface area contributed by atoms with Gasteiger partial charge in [-0.25, -0.2) is 0 Å². The van der Waals surface area contributed by atoms with Crippen molar-refractivity contribution in [2.45, 2.75) is 58.5 Å². The van der Waals surface area contributed by atoms with Gasteiger partial charge in [0.05, 0.1) is 31.7 Å². The molecule has 0 spiro atoms. The van der Waals surface area contributed by atoms with Crippen LogP contribution in [0.2, 0.25) is 0 Å². The van der Waals surface area contributed by atoms with Crippen molar-refractivity contribution in [2.75, 3.05) is 14.2 Å². The van der Waals surface area contributed by atoms with Gasteiger partial charge in [-0.05, 0) is 62.2 Å². The van der Waals surface area contributed by atoms with E-state index >= 15 is 0 Å². The summed E-state index contributed by atoms with van der Waals surface area (Å²) >= 11 is 0. The molecular formula is C19H30O5. The van der Waals surface area contributed by atoms with Crippen molar-refractivity contribution < 1.29 is 24.2 Å². The van der Waals surface area contributed by atoms with E-state index in [0.29, 0.717) is 12.3 Å². The van der Waals surface area contributed by atoms with Crippen molar-refractivity contribution in [3.63, 3.8) is 0 Å². The molecule has 3 rings (SSSR count). The van der Waals surface area contributed by atoms with Crippen LogP contribution in [0.5, 0.6) is 0 Å². The fourth-order valence-electron chi connectivity index (χ4n) is 6.65. The van der Waals surface area contributed by atoms with Gasteiger partial charge in [0.1, 0.15) is 0 Å². The minimum atomic E-state index is -0.664. The first-order valence-corrected chi connectivity index (χ1v) is 9.14. The minimum Gasteiger partial charge on any atom is -0.469 e. The Kier molecular flexibility index (Phi) is 4.44. The Morgan fingerprint density at radius 3 is 2.42 bits per heavy atom. The fourth-order valence-corrected chi connectivity index (χ4v) is 6.65. The van der Waals surface area contributed by atoms with Gasteiger partial charge in [0.2, 0.25) is 0 Å². The normalized spacial score (nSPS) is 47.5. The van der Waals surface area contributed by atoms with Crippen molar-refractivity contribution in [3.8, 4) is 0 Å². The molecule has 7 unspecified atom stereocenters. The average molecular weight is 338 g/mol. The zero-order chi connectivity index (χ0) is 17.7. The molecule has 0 heterocycles. The van der Waals surface area contributed by atoms with Crippen molar-refractivity contribution in [1.82, 2.24) is 0 Å². The van der Waals surface area contributed by atoms with E-state index in [4.69, 9.17) is 9.47 Å². The number of methoxy groups -OCH3 is 2. The predicted octanol–water partition coefficient (Wildman–Crippen LogP) is 2.55. The van der Waals surface area contributed by atoms with Crippen molar-refractivity contribution in [1.29, 1.82) is 0 Å². The van der Waals surface area contributed by atoms with Gasteiger partial charge in [0.25, 0.3) is 0 Å². The van der Waals surface area contributed by atoms with Crippen LogP contribution < -0.4 is 0 Å². The Hall–Kier alpha value is -1.10. The van der Waals surface area contributed by atoms with Gasteiger partial charge in [-0.2, -0.15) is 0 Å². The Morgan fingerprint density at radius 2 is 1.79 bits per heavy atom. The monoisotopic (exact) mass is 338 g/mol. The van der Waals surface area contributed by atoms with E-state index in [1.807, 2.05) is 6.92 Å². The molecule has 0 aromatic heterocycles. The molecule has 7 atom stereocenters. The number of hydrogen-bond donors (Lipinski definition) is 1. The van der Waals surface area contributed by atoms with Gasteiger partial charge in [0, 0.05) is 0 Å². The molecule has 24 heavy (non-hydrogen) atoms. The van der Waals surface area contributed by atoms with Crippen molar-refractivity contribution >= 4 is 11.9 Å². The van der Waals surface area contributed by atoms with Crippen LogP contribution in [0.1, 0.15) is 52.4 Å². The largest absolute Gasteiger partial charge is 0.469 e. The number of ether oxygens (including phenoxy) is 2. The second-order valence-corrected chi connectivity index (χ2v) is 8.53. The van der Waals surface area contributed by atoms with Crippen LogP contribution in [-0.4, -0.2) is 37.4 Å². The van der Waals surface area contributed by atoms with Crippen LogP contribution in [0.4, 0.5) is 0 Å². The molecule has 0 aliphatic heterocycles. The minimum absolute atomic E-state index is 0.0785. The molecule has 5 nitrogen and oxygen atoms in total. The maximum Gasteiger partial charge on any atom is 0.311 e. The molecule has 0 amide bonds. The molecule has 3 saturated carbocycles. The molecule has 0 radical (unpaired) electrons. The summed E-state index contributed by atoms with van der Waals surface area (Å²) in [6, 6.07) is 0. The van der Waals surface area contributed by atoms with Crippen LogP contribution in [0.3, 0.4) is 0 Å². The van der Waals surface area contributed by atoms with E-state index in [9.17, 15) is 14.7 Å². The number of aliphatic hydroxyl groups is 1. The Morgan fingerprint density at radius 1 is 1.08 bits per heavy atom. The summed E-state index contributed by atoms with van der Waals surface area (Å²) in [5, 5.41) is 10.2. The molecule has 3 aliphatic rings. The third-order valence-corrected chi connectivity index (χ3v) is 7.47. The molecule has 0 saturated heterocycles. The summed E-state index contributed by atoms with van der Waals surface area (Å²) in [5.74, 6) is -0.405. The first kappa shape index (κ1) is 17.7. The lowest BCUT2D eigenvalue weighted by molar-refractivity contribution is -0.169. The molecule has 3 fully saturated rings. The number of esters is 2. The van der Waals surface area contributed by atoms with Crippen LogP contribution >= 0.6 is 0 Å². The van der Waals surface area contributed by atoms with Gasteiger partial charge < -0.3 is 14.6 Å². The number of carbonyl (C=O) groups is 2. The van der Waals surface area contributed by atoms with Gasteiger partial charge in [-0.15, -0.1) is 0 Å². The first-order valence-electron chi connectivity index (χ1n) is 9.14. The Bertz CT molecular complexity index is 532. The number of fused-ring (bicyclic) bond motifs is 3. The zero-order valence-electron chi connectivity index (χ0n) is 15.2. The first-order chi connectivity index (χ1) is 11.3. The smallest absolute Gasteiger partial charge is 0.311 e. The summed E-state index contributed by atoms with van der Waals surface area (Å²) in [4.78, 5) is 25.4. The lowest BCUT2D eigenvalue weighted by atomic mass is 9.53. The summed E-state index contributed by atoms with van der Waals surface area (Å²) in [6.07, 6.45) is 4.72. The summed E-state index contributed by atoms with van der Waals surface area (Å²) in [6.45, 7) is 4.21. The number of hydrogen-bond acceptors (Lipinski definition) is 5. The van der Waals surface area contributed by atoms with Crippen molar-refractivity contribution in [2.24, 2.45) is 34.5 Å². The summed E-state index contributed by atoms with van der Waals surface area (Å²) < 4.78 is 10.3. The van der Waals surface area contributed by atoms with Crippen molar-refractivity contribution in [3.05, 3.63) is 0 Å². The SMILES string of the molecule is COC(=O)C1C2CC(O)CCC2C2(C)CCCC(C)(C(=O)OC)C12. The lowest BCUT2D eigenvalue weighted by Gasteiger charge is -2.50. The molecule has 136 valence electrons. The van der Waals surface area contributed by atoms with Gasteiger partial charge in [-0.1, -0.05) is 13.3 Å². The maximum absolute atomic E-state index is 12.7. The second kappa shape index (κ2) is 6.01. The van der Waals surface area contributed by atoms with E-state index in [-0.39, 0.29) is 41.2 Å². The molecule has 0 aromatic rings. The molecule has 0 aromatic carbocycles. The van der Waals surface area contributed by atoms with Crippen LogP contribution in [0, 0.1) is 34.5 Å². The van der Waals surface area contributed by atoms with Gasteiger partial charge >= 0.3 is 11.9 Å². The van der Waals surface area contributed by atoms with E-state index in [2.05, 4.69) is 6.92 Å². The molecule has 5 heteroatoms. The molecular weight excluding hydrogens is 308 g/mol. The van der Waals surface area contributed by atoms with Crippen LogP contribution in [0.25, 0.3) is 0 Å². The lowest BCUT2D eigenvalue weighted by Crippen LogP contribution is -2.51. The number of carbonyl (C=O) groups excluding carboxylic acids is 2. The zero-order valence-corrected chi connectivity index (χ0v) is 15.2. The van der Waals surface area contributed by atoms with E-state index in [0.717, 1.165) is 32.1 Å². The third-order valence-electron chi connectivity index (χ3n) is 7.47. The second-order valence-electron chi connectivity index (χ2n) is 8.53. The maximum atomic E-state index is 12.7. The number of aliphatic hydroxyl groups excluding tert-OH is 1. The molecule has 0 bridgehead atoms. The Labute approximate surface area is 144 Å². The standard InChI is InChI=1S/C19H30O5/c1-18-8-5-9-19(2,17(22)24-4)15(18)14(16(21)23-3)12-10-11(20)6-7-13(12)18/h11-15,20H,5-10H2,1-4H3. The van der Waals surface area contributed by atoms with Crippen LogP contribution in [-0.2, 0) is 19.1 Å². The molecule has 3 aliphatic carbocycles. The predicted molar refractivity (Wildman–Crippen MR) is 87.9 cm³/mol. The average Bonchev–Trinajstić information content (AvgIpc) is 2.83. The highest BCUT2D eigenvalue weighted by molar-refractivity contribution is 5.80. The van der Waals surface area contributed by atoms with Gasteiger partial charge in [0.15, 0.2) is 0 Å². The van der Waals surface area contributed by atoms with Crippen LogP contribution in [0.15, 0.2) is 0 Å². The van der Waals surface area contributed by atoms with E-state index in [1.54, 1.807) is 0 Å². The highest BCUT2D eigenvalue weighted by Crippen LogP contribution is 2.69. The van der Waals surface area contributed by atoms with E-state index < -0.39 is 5.41 Å². The summed E-state index contributed by atoms with van der Waals surface area (Å²) in [5.41, 5.74) is -0.742. The van der Waals surface area contributed by atoms with E-state index in [1.165, 1.54) is 14.2 Å². The highest BCUT2D eigenvalue weighted by Gasteiger charge is 2.68. The highest BCUT2D eigenvalue weighted by atomic mass is 16.5. The quantitative estimate of drug-likeness (QED) is 0.783. The number of rotatable bonds is 2. The molecule has 1 N–H and O–H groups in total. The van der Waals surface area contributed by atoms with Gasteiger partial charge in [-0.3, -0.25) is 9.59 Å². The summed E-state index contributed by atoms with van der Waals surface area (Å²) in [7, 11) is 2.85. The Balaban J connectivity index is 2.10.